The lowest BCUT2D eigenvalue weighted by Gasteiger charge is -2.03. The zero-order chi connectivity index (χ0) is 15.6. The minimum atomic E-state index is -0.507. The number of ketones is 1. The Bertz CT molecular complexity index is 847. The molecule has 5 nitrogen and oxygen atoms in total. The van der Waals surface area contributed by atoms with Gasteiger partial charge in [-0.3, -0.25) is 14.2 Å². The van der Waals surface area contributed by atoms with Crippen molar-refractivity contribution >= 4 is 11.9 Å². The number of nitrogens with zero attached hydrogens (tertiary/aromatic N) is 2. The van der Waals surface area contributed by atoms with Crippen molar-refractivity contribution in [1.82, 2.24) is 9.13 Å². The molecule has 6 heteroatoms. The molecular formula is C15H13FN2O3. The summed E-state index contributed by atoms with van der Waals surface area (Å²) in [6, 6.07) is 5.27. The van der Waals surface area contributed by atoms with Crippen LogP contribution in [0.4, 0.5) is 4.39 Å². The second-order valence-corrected chi connectivity index (χ2v) is 4.55. The van der Waals surface area contributed by atoms with Crippen molar-refractivity contribution in [3.05, 3.63) is 74.3 Å². The molecule has 0 spiro atoms. The van der Waals surface area contributed by atoms with Crippen LogP contribution in [0.3, 0.4) is 0 Å². The van der Waals surface area contributed by atoms with Crippen LogP contribution in [0.25, 0.3) is 6.08 Å². The first-order valence-electron chi connectivity index (χ1n) is 6.15. The van der Waals surface area contributed by atoms with Gasteiger partial charge in [-0.1, -0.05) is 12.1 Å². The number of aromatic nitrogens is 2. The lowest BCUT2D eigenvalue weighted by Crippen LogP contribution is -2.37. The normalized spacial score (nSPS) is 11.0. The lowest BCUT2D eigenvalue weighted by molar-refractivity contribution is 0.104. The van der Waals surface area contributed by atoms with Gasteiger partial charge < -0.3 is 4.57 Å². The number of hydrogen-bond acceptors (Lipinski definition) is 3. The van der Waals surface area contributed by atoms with Crippen molar-refractivity contribution in [1.29, 1.82) is 0 Å². The number of rotatable bonds is 3. The standard InChI is InChI=1S/C15H13FN2O3/c1-17-9-11(14(20)18(2)15(17)21)6-7-13(19)10-4-3-5-12(16)8-10/h3-9H,1-2H3. The number of hydrogen-bond donors (Lipinski definition) is 0. The van der Waals surface area contributed by atoms with E-state index in [0.29, 0.717) is 0 Å². The molecule has 108 valence electrons. The summed E-state index contributed by atoms with van der Waals surface area (Å²) in [5.74, 6) is -0.933. The molecule has 0 aliphatic heterocycles. The van der Waals surface area contributed by atoms with E-state index < -0.39 is 22.8 Å². The highest BCUT2D eigenvalue weighted by atomic mass is 19.1. The first kappa shape index (κ1) is 14.6. The van der Waals surface area contributed by atoms with Gasteiger partial charge in [0.05, 0.1) is 5.56 Å². The summed E-state index contributed by atoms with van der Waals surface area (Å²) in [4.78, 5) is 35.3. The predicted octanol–water partition coefficient (Wildman–Crippen LogP) is 1.12. The summed E-state index contributed by atoms with van der Waals surface area (Å²) in [7, 11) is 2.86. The van der Waals surface area contributed by atoms with Crippen molar-refractivity contribution in [2.75, 3.05) is 0 Å². The van der Waals surface area contributed by atoms with Crippen molar-refractivity contribution in [3.8, 4) is 0 Å². The van der Waals surface area contributed by atoms with Gasteiger partial charge in [0.15, 0.2) is 5.78 Å². The fourth-order valence-electron chi connectivity index (χ4n) is 1.85. The molecule has 0 N–H and O–H groups in total. The van der Waals surface area contributed by atoms with E-state index in [1.54, 1.807) is 0 Å². The van der Waals surface area contributed by atoms with Crippen LogP contribution in [0.5, 0.6) is 0 Å². The van der Waals surface area contributed by atoms with E-state index in [0.717, 1.165) is 10.6 Å². The van der Waals surface area contributed by atoms with E-state index in [9.17, 15) is 18.8 Å². The minimum absolute atomic E-state index is 0.188. The van der Waals surface area contributed by atoms with Gasteiger partial charge in [0, 0.05) is 25.9 Å². The van der Waals surface area contributed by atoms with E-state index in [4.69, 9.17) is 0 Å². The molecule has 0 amide bonds. The van der Waals surface area contributed by atoms with Gasteiger partial charge in [-0.25, -0.2) is 9.18 Å². The number of benzene rings is 1. The van der Waals surface area contributed by atoms with Crippen LogP contribution in [0.15, 0.2) is 46.1 Å². The molecule has 0 aliphatic carbocycles. The average molecular weight is 288 g/mol. The minimum Gasteiger partial charge on any atom is -0.303 e. The molecule has 0 fully saturated rings. The highest BCUT2D eigenvalue weighted by molar-refractivity contribution is 6.06. The zero-order valence-corrected chi connectivity index (χ0v) is 11.5. The Morgan fingerprint density at radius 1 is 1.24 bits per heavy atom. The number of carbonyl (C=O) groups is 1. The Morgan fingerprint density at radius 2 is 1.95 bits per heavy atom. The molecule has 2 aromatic rings. The Morgan fingerprint density at radius 3 is 2.62 bits per heavy atom. The Balaban J connectivity index is 2.37. The van der Waals surface area contributed by atoms with Gasteiger partial charge in [-0.15, -0.1) is 0 Å². The van der Waals surface area contributed by atoms with Crippen LogP contribution < -0.4 is 11.2 Å². The zero-order valence-electron chi connectivity index (χ0n) is 11.5. The second-order valence-electron chi connectivity index (χ2n) is 4.55. The third kappa shape index (κ3) is 3.05. The molecule has 1 heterocycles. The molecule has 1 aromatic carbocycles. The third-order valence-corrected chi connectivity index (χ3v) is 3.00. The molecule has 0 bridgehead atoms. The maximum absolute atomic E-state index is 13.0. The summed E-state index contributed by atoms with van der Waals surface area (Å²) in [5.41, 5.74) is -0.563. The maximum Gasteiger partial charge on any atom is 0.330 e. The summed E-state index contributed by atoms with van der Waals surface area (Å²) >= 11 is 0. The van der Waals surface area contributed by atoms with Gasteiger partial charge in [0.25, 0.3) is 5.56 Å². The van der Waals surface area contributed by atoms with Crippen molar-refractivity contribution in [2.45, 2.75) is 0 Å². The van der Waals surface area contributed by atoms with Crippen molar-refractivity contribution < 1.29 is 9.18 Å². The van der Waals surface area contributed by atoms with Crippen LogP contribution in [0.1, 0.15) is 15.9 Å². The van der Waals surface area contributed by atoms with E-state index in [2.05, 4.69) is 0 Å². The van der Waals surface area contributed by atoms with Crippen LogP contribution in [-0.2, 0) is 14.1 Å². The van der Waals surface area contributed by atoms with Crippen molar-refractivity contribution in [2.24, 2.45) is 14.1 Å². The molecule has 1 aromatic heterocycles. The van der Waals surface area contributed by atoms with Crippen LogP contribution >= 0.6 is 0 Å². The number of halogens is 1. The smallest absolute Gasteiger partial charge is 0.303 e. The number of carbonyl (C=O) groups excluding carboxylic acids is 1. The van der Waals surface area contributed by atoms with Gasteiger partial charge in [-0.2, -0.15) is 0 Å². The molecule has 0 radical (unpaired) electrons. The number of allylic oxidation sites excluding steroid dienone is 1. The van der Waals surface area contributed by atoms with Crippen LogP contribution in [-0.4, -0.2) is 14.9 Å². The van der Waals surface area contributed by atoms with E-state index in [1.165, 1.54) is 55.2 Å². The van der Waals surface area contributed by atoms with Gasteiger partial charge >= 0.3 is 5.69 Å². The molecule has 21 heavy (non-hydrogen) atoms. The van der Waals surface area contributed by atoms with Gasteiger partial charge in [-0.05, 0) is 24.3 Å². The SMILES string of the molecule is Cn1cc(C=CC(=O)c2cccc(F)c2)c(=O)n(C)c1=O. The average Bonchev–Trinajstić information content (AvgIpc) is 2.47. The highest BCUT2D eigenvalue weighted by Crippen LogP contribution is 2.06. The summed E-state index contributed by atoms with van der Waals surface area (Å²) in [5, 5.41) is 0. The molecule has 0 unspecified atom stereocenters. The largest absolute Gasteiger partial charge is 0.330 e. The van der Waals surface area contributed by atoms with Crippen LogP contribution in [0.2, 0.25) is 0 Å². The molecule has 0 aliphatic rings. The summed E-state index contributed by atoms with van der Waals surface area (Å²) in [6.07, 6.45) is 3.84. The topological polar surface area (TPSA) is 61.1 Å². The maximum atomic E-state index is 13.0. The van der Waals surface area contributed by atoms with Crippen molar-refractivity contribution in [3.63, 3.8) is 0 Å². The van der Waals surface area contributed by atoms with E-state index in [-0.39, 0.29) is 11.1 Å². The molecule has 0 saturated heterocycles. The van der Waals surface area contributed by atoms with E-state index >= 15 is 0 Å². The Labute approximate surface area is 119 Å². The second kappa shape index (κ2) is 5.70. The fraction of sp³-hybridized carbons (Fsp3) is 0.133. The predicted molar refractivity (Wildman–Crippen MR) is 76.7 cm³/mol. The highest BCUT2D eigenvalue weighted by Gasteiger charge is 2.06. The quantitative estimate of drug-likeness (QED) is 0.628. The summed E-state index contributed by atoms with van der Waals surface area (Å²) < 4.78 is 15.2. The number of aryl methyl sites for hydroxylation is 1. The lowest BCUT2D eigenvalue weighted by atomic mass is 10.1. The van der Waals surface area contributed by atoms with Crippen LogP contribution in [0, 0.1) is 5.82 Å². The third-order valence-electron chi connectivity index (χ3n) is 3.00. The van der Waals surface area contributed by atoms with E-state index in [1.807, 2.05) is 0 Å². The van der Waals surface area contributed by atoms with Gasteiger partial charge in [0.2, 0.25) is 0 Å². The Hall–Kier alpha value is -2.76. The molecule has 2 rings (SSSR count). The fourth-order valence-corrected chi connectivity index (χ4v) is 1.85. The first-order valence-corrected chi connectivity index (χ1v) is 6.15. The Kier molecular flexibility index (Phi) is 3.98. The summed E-state index contributed by atoms with van der Waals surface area (Å²) in [6.45, 7) is 0. The van der Waals surface area contributed by atoms with Gasteiger partial charge in [0.1, 0.15) is 5.82 Å². The molecule has 0 saturated carbocycles. The molecular weight excluding hydrogens is 275 g/mol. The first-order chi connectivity index (χ1) is 9.90. The monoisotopic (exact) mass is 288 g/mol. The molecule has 0 atom stereocenters.